The van der Waals surface area contributed by atoms with Gasteiger partial charge in [0.05, 0.1) is 5.60 Å². The third-order valence-electron chi connectivity index (χ3n) is 4.76. The van der Waals surface area contributed by atoms with Crippen molar-refractivity contribution in [1.82, 2.24) is 4.90 Å². The SMILES string of the molecule is C[C@@H]1CN(C(=O)CC(F)(F)F)CC[C@@]1(O)C1CCOCC1. The molecule has 1 N–H and O–H groups in total. The van der Waals surface area contributed by atoms with Crippen molar-refractivity contribution in [3.8, 4) is 0 Å². The Morgan fingerprint density at radius 1 is 1.38 bits per heavy atom. The average Bonchev–Trinajstić information content (AvgIpc) is 2.41. The van der Waals surface area contributed by atoms with Crippen LogP contribution in [0.4, 0.5) is 13.2 Å². The first-order valence-electron chi connectivity index (χ1n) is 7.37. The number of nitrogens with zero attached hydrogens (tertiary/aromatic N) is 1. The van der Waals surface area contributed by atoms with Crippen LogP contribution in [0.15, 0.2) is 0 Å². The molecule has 2 aliphatic heterocycles. The van der Waals surface area contributed by atoms with E-state index in [1.807, 2.05) is 6.92 Å². The maximum Gasteiger partial charge on any atom is 0.397 e. The molecule has 2 fully saturated rings. The number of carbonyl (C=O) groups excluding carboxylic acids is 1. The minimum Gasteiger partial charge on any atom is -0.389 e. The minimum absolute atomic E-state index is 0.0983. The van der Waals surface area contributed by atoms with Gasteiger partial charge in [-0.25, -0.2) is 0 Å². The molecule has 0 radical (unpaired) electrons. The molecule has 0 aromatic carbocycles. The summed E-state index contributed by atoms with van der Waals surface area (Å²) in [5.41, 5.74) is -0.904. The van der Waals surface area contributed by atoms with Gasteiger partial charge in [-0.3, -0.25) is 4.79 Å². The standard InChI is InChI=1S/C14H22F3NO3/c1-10-9-18(12(19)8-14(15,16)17)5-4-13(10,20)11-2-6-21-7-3-11/h10-11,20H,2-9H2,1H3/t10-,13+/m1/s1. The zero-order valence-electron chi connectivity index (χ0n) is 12.2. The van der Waals surface area contributed by atoms with Crippen molar-refractivity contribution in [3.63, 3.8) is 0 Å². The number of alkyl halides is 3. The summed E-state index contributed by atoms with van der Waals surface area (Å²) in [5, 5.41) is 10.9. The van der Waals surface area contributed by atoms with Gasteiger partial charge in [-0.15, -0.1) is 0 Å². The number of likely N-dealkylation sites (tertiary alicyclic amines) is 1. The molecule has 0 saturated carbocycles. The molecule has 21 heavy (non-hydrogen) atoms. The molecule has 4 nitrogen and oxygen atoms in total. The number of hydrogen-bond donors (Lipinski definition) is 1. The number of hydrogen-bond acceptors (Lipinski definition) is 3. The topological polar surface area (TPSA) is 49.8 Å². The van der Waals surface area contributed by atoms with Gasteiger partial charge < -0.3 is 14.7 Å². The molecule has 0 aliphatic carbocycles. The van der Waals surface area contributed by atoms with E-state index in [9.17, 15) is 23.1 Å². The van der Waals surface area contributed by atoms with E-state index in [0.717, 1.165) is 12.8 Å². The van der Waals surface area contributed by atoms with Gasteiger partial charge in [-0.1, -0.05) is 6.92 Å². The highest BCUT2D eigenvalue weighted by molar-refractivity contribution is 5.77. The summed E-state index contributed by atoms with van der Waals surface area (Å²) >= 11 is 0. The summed E-state index contributed by atoms with van der Waals surface area (Å²) in [4.78, 5) is 12.9. The second-order valence-corrected chi connectivity index (χ2v) is 6.16. The highest BCUT2D eigenvalue weighted by atomic mass is 19.4. The fourth-order valence-electron chi connectivity index (χ4n) is 3.45. The predicted molar refractivity (Wildman–Crippen MR) is 69.5 cm³/mol. The van der Waals surface area contributed by atoms with Crippen LogP contribution in [0, 0.1) is 11.8 Å². The van der Waals surface area contributed by atoms with Crippen LogP contribution in [0.25, 0.3) is 0 Å². The molecule has 0 unspecified atom stereocenters. The first-order chi connectivity index (χ1) is 9.72. The van der Waals surface area contributed by atoms with Crippen LogP contribution in [-0.2, 0) is 9.53 Å². The lowest BCUT2D eigenvalue weighted by molar-refractivity contribution is -0.170. The van der Waals surface area contributed by atoms with Crippen molar-refractivity contribution in [1.29, 1.82) is 0 Å². The van der Waals surface area contributed by atoms with Crippen LogP contribution in [0.1, 0.15) is 32.6 Å². The monoisotopic (exact) mass is 309 g/mol. The van der Waals surface area contributed by atoms with Gasteiger partial charge >= 0.3 is 6.18 Å². The van der Waals surface area contributed by atoms with Gasteiger partial charge in [0, 0.05) is 32.2 Å². The number of ether oxygens (including phenoxy) is 1. The first kappa shape index (κ1) is 16.5. The largest absolute Gasteiger partial charge is 0.397 e. The Bertz CT molecular complexity index is 382. The highest BCUT2D eigenvalue weighted by Gasteiger charge is 2.46. The molecule has 2 atom stereocenters. The second-order valence-electron chi connectivity index (χ2n) is 6.16. The van der Waals surface area contributed by atoms with E-state index in [4.69, 9.17) is 4.74 Å². The van der Waals surface area contributed by atoms with Gasteiger partial charge in [-0.05, 0) is 25.2 Å². The molecule has 2 rings (SSSR count). The van der Waals surface area contributed by atoms with Crippen LogP contribution < -0.4 is 0 Å². The molecule has 2 heterocycles. The summed E-state index contributed by atoms with van der Waals surface area (Å²) in [5.74, 6) is -1.03. The average molecular weight is 309 g/mol. The quantitative estimate of drug-likeness (QED) is 0.848. The van der Waals surface area contributed by atoms with Crippen LogP contribution >= 0.6 is 0 Å². The third-order valence-corrected chi connectivity index (χ3v) is 4.76. The maximum absolute atomic E-state index is 12.3. The van der Waals surface area contributed by atoms with E-state index in [-0.39, 0.29) is 24.9 Å². The number of amides is 1. The molecule has 2 saturated heterocycles. The van der Waals surface area contributed by atoms with E-state index < -0.39 is 24.1 Å². The molecule has 2 aliphatic rings. The minimum atomic E-state index is -4.48. The lowest BCUT2D eigenvalue weighted by Crippen LogP contribution is -2.57. The molecule has 122 valence electrons. The molecule has 1 amide bonds. The van der Waals surface area contributed by atoms with Crippen molar-refractivity contribution in [2.75, 3.05) is 26.3 Å². The van der Waals surface area contributed by atoms with Crippen molar-refractivity contribution in [3.05, 3.63) is 0 Å². The van der Waals surface area contributed by atoms with E-state index >= 15 is 0 Å². The van der Waals surface area contributed by atoms with Crippen molar-refractivity contribution in [2.24, 2.45) is 11.8 Å². The summed E-state index contributed by atoms with van der Waals surface area (Å²) in [6, 6.07) is 0. The van der Waals surface area contributed by atoms with Gasteiger partial charge in [0.2, 0.25) is 5.91 Å². The Balaban J connectivity index is 1.96. The molecule has 0 bridgehead atoms. The lowest BCUT2D eigenvalue weighted by atomic mass is 9.70. The van der Waals surface area contributed by atoms with Gasteiger partial charge in [0.25, 0.3) is 0 Å². The normalized spacial score (nSPS) is 32.2. The smallest absolute Gasteiger partial charge is 0.389 e. The van der Waals surface area contributed by atoms with Crippen LogP contribution in [0.3, 0.4) is 0 Å². The molecule has 0 aromatic heterocycles. The molecular formula is C14H22F3NO3. The zero-order valence-corrected chi connectivity index (χ0v) is 12.2. The number of rotatable bonds is 2. The van der Waals surface area contributed by atoms with E-state index in [1.54, 1.807) is 0 Å². The zero-order chi connectivity index (χ0) is 15.7. The van der Waals surface area contributed by atoms with Gasteiger partial charge in [0.15, 0.2) is 0 Å². The Hall–Kier alpha value is -0.820. The van der Waals surface area contributed by atoms with Crippen molar-refractivity contribution >= 4 is 5.91 Å². The van der Waals surface area contributed by atoms with Crippen molar-refractivity contribution in [2.45, 2.75) is 44.4 Å². The first-order valence-corrected chi connectivity index (χ1v) is 7.37. The summed E-state index contributed by atoms with van der Waals surface area (Å²) in [6.07, 6.45) is -4.04. The third kappa shape index (κ3) is 3.88. The molecule has 0 aromatic rings. The number of carbonyl (C=O) groups is 1. The Morgan fingerprint density at radius 2 is 2.00 bits per heavy atom. The summed E-state index contributed by atoms with van der Waals surface area (Å²) in [6.45, 7) is 3.39. The number of halogens is 3. The molecule has 7 heteroatoms. The van der Waals surface area contributed by atoms with E-state index in [2.05, 4.69) is 0 Å². The van der Waals surface area contributed by atoms with Crippen LogP contribution in [0.2, 0.25) is 0 Å². The van der Waals surface area contributed by atoms with Crippen molar-refractivity contribution < 1.29 is 27.8 Å². The van der Waals surface area contributed by atoms with E-state index in [0.29, 0.717) is 19.6 Å². The number of piperidine rings is 1. The van der Waals surface area contributed by atoms with Crippen LogP contribution in [-0.4, -0.2) is 54.0 Å². The number of aliphatic hydroxyl groups is 1. The van der Waals surface area contributed by atoms with E-state index in [1.165, 1.54) is 4.90 Å². The fourth-order valence-corrected chi connectivity index (χ4v) is 3.45. The Labute approximate surface area is 122 Å². The molecular weight excluding hydrogens is 287 g/mol. The van der Waals surface area contributed by atoms with Gasteiger partial charge in [0.1, 0.15) is 6.42 Å². The molecule has 0 spiro atoms. The fraction of sp³-hybridized carbons (Fsp3) is 0.929. The lowest BCUT2D eigenvalue weighted by Gasteiger charge is -2.48. The summed E-state index contributed by atoms with van der Waals surface area (Å²) in [7, 11) is 0. The highest BCUT2D eigenvalue weighted by Crippen LogP contribution is 2.39. The predicted octanol–water partition coefficient (Wildman–Crippen LogP) is 1.96. The Morgan fingerprint density at radius 3 is 2.52 bits per heavy atom. The maximum atomic E-state index is 12.3. The van der Waals surface area contributed by atoms with Crippen LogP contribution in [0.5, 0.6) is 0 Å². The summed E-state index contributed by atoms with van der Waals surface area (Å²) < 4.78 is 42.2. The second kappa shape index (κ2) is 6.12. The Kier molecular flexibility index (Phi) is 4.82. The van der Waals surface area contributed by atoms with Gasteiger partial charge in [-0.2, -0.15) is 13.2 Å².